The maximum Gasteiger partial charge on any atom is 0.319 e. The number of hydrogen-bond acceptors (Lipinski definition) is 3. The van der Waals surface area contributed by atoms with E-state index in [1.807, 2.05) is 43.3 Å². The third-order valence-corrected chi connectivity index (χ3v) is 6.26. The molecule has 2 N–H and O–H groups in total. The lowest BCUT2D eigenvalue weighted by Gasteiger charge is -2.11. The van der Waals surface area contributed by atoms with Crippen molar-refractivity contribution in [1.29, 1.82) is 0 Å². The normalized spacial score (nSPS) is 11.1. The Morgan fingerprint density at radius 3 is 2.25 bits per heavy atom. The van der Waals surface area contributed by atoms with Gasteiger partial charge in [-0.25, -0.2) is 13.2 Å². The van der Waals surface area contributed by atoms with Crippen molar-refractivity contribution >= 4 is 21.6 Å². The van der Waals surface area contributed by atoms with Crippen molar-refractivity contribution < 1.29 is 13.2 Å². The molecule has 5 nitrogen and oxygen atoms in total. The van der Waals surface area contributed by atoms with Crippen LogP contribution < -0.4 is 10.6 Å². The standard InChI is InChI=1S/C22H22N2O3S/c1-16-8-9-17(2)21(14-16)28(26,27)20-12-10-19(11-13-20)24-22(25)23-15-18-6-4-3-5-7-18/h3-14H,15H2,1-2H3,(H2,23,24,25). The lowest BCUT2D eigenvalue weighted by molar-refractivity contribution is 0.251. The van der Waals surface area contributed by atoms with Gasteiger partial charge in [-0.3, -0.25) is 0 Å². The molecule has 0 bridgehead atoms. The minimum Gasteiger partial charge on any atom is -0.334 e. The van der Waals surface area contributed by atoms with Gasteiger partial charge in [0.05, 0.1) is 9.79 Å². The quantitative estimate of drug-likeness (QED) is 0.671. The highest BCUT2D eigenvalue weighted by Crippen LogP contribution is 2.25. The molecule has 3 rings (SSSR count). The fourth-order valence-corrected chi connectivity index (χ4v) is 4.38. The third-order valence-electron chi connectivity index (χ3n) is 4.35. The summed E-state index contributed by atoms with van der Waals surface area (Å²) in [6.07, 6.45) is 0. The van der Waals surface area contributed by atoms with E-state index >= 15 is 0 Å². The molecule has 0 spiro atoms. The summed E-state index contributed by atoms with van der Waals surface area (Å²) in [4.78, 5) is 12.5. The molecule has 0 saturated heterocycles. The first-order valence-corrected chi connectivity index (χ1v) is 10.4. The van der Waals surface area contributed by atoms with Gasteiger partial charge in [-0.15, -0.1) is 0 Å². The fourth-order valence-electron chi connectivity index (χ4n) is 2.79. The van der Waals surface area contributed by atoms with Gasteiger partial charge in [0.25, 0.3) is 0 Å². The van der Waals surface area contributed by atoms with E-state index in [1.165, 1.54) is 12.1 Å². The summed E-state index contributed by atoms with van der Waals surface area (Å²) < 4.78 is 25.8. The number of rotatable bonds is 5. The summed E-state index contributed by atoms with van der Waals surface area (Å²) in [5.74, 6) is 0. The van der Waals surface area contributed by atoms with Gasteiger partial charge in [0.15, 0.2) is 0 Å². The lowest BCUT2D eigenvalue weighted by atomic mass is 10.2. The van der Waals surface area contributed by atoms with Crippen LogP contribution in [0.2, 0.25) is 0 Å². The average molecular weight is 394 g/mol. The summed E-state index contributed by atoms with van der Waals surface area (Å²) in [6.45, 7) is 4.05. The van der Waals surface area contributed by atoms with Crippen molar-refractivity contribution in [2.24, 2.45) is 0 Å². The Hall–Kier alpha value is -3.12. The van der Waals surface area contributed by atoms with Crippen molar-refractivity contribution in [1.82, 2.24) is 5.32 Å². The monoisotopic (exact) mass is 394 g/mol. The number of benzene rings is 3. The first-order chi connectivity index (χ1) is 13.4. The topological polar surface area (TPSA) is 75.3 Å². The van der Waals surface area contributed by atoms with E-state index in [4.69, 9.17) is 0 Å². The molecule has 0 unspecified atom stereocenters. The molecular weight excluding hydrogens is 372 g/mol. The van der Waals surface area contributed by atoms with Gasteiger partial charge >= 0.3 is 6.03 Å². The number of anilines is 1. The van der Waals surface area contributed by atoms with E-state index < -0.39 is 9.84 Å². The highest BCUT2D eigenvalue weighted by Gasteiger charge is 2.20. The first kappa shape index (κ1) is 19.6. The molecule has 28 heavy (non-hydrogen) atoms. The van der Waals surface area contributed by atoms with Crippen LogP contribution >= 0.6 is 0 Å². The van der Waals surface area contributed by atoms with Crippen molar-refractivity contribution in [2.45, 2.75) is 30.2 Å². The van der Waals surface area contributed by atoms with Gasteiger partial charge in [-0.1, -0.05) is 42.5 Å². The molecule has 0 aliphatic carbocycles. The largest absolute Gasteiger partial charge is 0.334 e. The molecule has 3 aromatic carbocycles. The minimum atomic E-state index is -3.61. The molecule has 0 atom stereocenters. The molecule has 0 aliphatic rings. The van der Waals surface area contributed by atoms with Gasteiger partial charge in [0.2, 0.25) is 9.84 Å². The average Bonchev–Trinajstić information content (AvgIpc) is 2.69. The molecule has 3 aromatic rings. The molecule has 0 heterocycles. The zero-order valence-electron chi connectivity index (χ0n) is 15.8. The molecule has 0 saturated carbocycles. The van der Waals surface area contributed by atoms with Gasteiger partial charge in [-0.05, 0) is 60.9 Å². The SMILES string of the molecule is Cc1ccc(C)c(S(=O)(=O)c2ccc(NC(=O)NCc3ccccc3)cc2)c1. The zero-order valence-corrected chi connectivity index (χ0v) is 16.6. The molecule has 6 heteroatoms. The van der Waals surface area contributed by atoms with Crippen LogP contribution in [0.25, 0.3) is 0 Å². The third kappa shape index (κ3) is 4.58. The van der Waals surface area contributed by atoms with Gasteiger partial charge in [0, 0.05) is 12.2 Å². The molecule has 0 fully saturated rings. The number of urea groups is 1. The zero-order chi connectivity index (χ0) is 20.1. The Kier molecular flexibility index (Phi) is 5.80. The summed E-state index contributed by atoms with van der Waals surface area (Å²) in [6, 6.07) is 20.8. The molecular formula is C22H22N2O3S. The number of carbonyl (C=O) groups excluding carboxylic acids is 1. The van der Waals surface area contributed by atoms with Crippen molar-refractivity contribution in [3.05, 3.63) is 89.5 Å². The fraction of sp³-hybridized carbons (Fsp3) is 0.136. The van der Waals surface area contributed by atoms with Crippen LogP contribution in [0.3, 0.4) is 0 Å². The van der Waals surface area contributed by atoms with Crippen LogP contribution in [-0.4, -0.2) is 14.4 Å². The molecule has 0 aliphatic heterocycles. The predicted octanol–water partition coefficient (Wildman–Crippen LogP) is 4.46. The van der Waals surface area contributed by atoms with Gasteiger partial charge in [-0.2, -0.15) is 0 Å². The van der Waals surface area contributed by atoms with Crippen LogP contribution in [0.1, 0.15) is 16.7 Å². The van der Waals surface area contributed by atoms with Crippen molar-refractivity contribution in [2.75, 3.05) is 5.32 Å². The van der Waals surface area contributed by atoms with Crippen molar-refractivity contribution in [3.8, 4) is 0 Å². The Morgan fingerprint density at radius 1 is 0.893 bits per heavy atom. The van der Waals surface area contributed by atoms with Crippen LogP contribution in [-0.2, 0) is 16.4 Å². The second-order valence-electron chi connectivity index (χ2n) is 6.59. The van der Waals surface area contributed by atoms with Gasteiger partial charge in [0.1, 0.15) is 0 Å². The summed E-state index contributed by atoms with van der Waals surface area (Å²) >= 11 is 0. The summed E-state index contributed by atoms with van der Waals surface area (Å²) in [5.41, 5.74) is 3.10. The van der Waals surface area contributed by atoms with E-state index in [1.54, 1.807) is 31.2 Å². The Morgan fingerprint density at radius 2 is 1.57 bits per heavy atom. The number of hydrogen-bond donors (Lipinski definition) is 2. The second kappa shape index (κ2) is 8.27. The smallest absolute Gasteiger partial charge is 0.319 e. The maximum atomic E-state index is 12.9. The molecule has 2 amide bonds. The van der Waals surface area contributed by atoms with E-state index in [9.17, 15) is 13.2 Å². The van der Waals surface area contributed by atoms with Crippen molar-refractivity contribution in [3.63, 3.8) is 0 Å². The second-order valence-corrected chi connectivity index (χ2v) is 8.51. The Labute approximate surface area is 165 Å². The van der Waals surface area contributed by atoms with Crippen LogP contribution in [0.15, 0.2) is 82.6 Å². The number of sulfone groups is 1. The number of aryl methyl sites for hydroxylation is 2. The highest BCUT2D eigenvalue weighted by atomic mass is 32.2. The van der Waals surface area contributed by atoms with E-state index in [-0.39, 0.29) is 10.9 Å². The lowest BCUT2D eigenvalue weighted by Crippen LogP contribution is -2.28. The number of carbonyl (C=O) groups is 1. The molecule has 0 aromatic heterocycles. The highest BCUT2D eigenvalue weighted by molar-refractivity contribution is 7.91. The molecule has 0 radical (unpaired) electrons. The van der Waals surface area contributed by atoms with E-state index in [0.29, 0.717) is 22.7 Å². The first-order valence-electron chi connectivity index (χ1n) is 8.87. The predicted molar refractivity (Wildman–Crippen MR) is 110 cm³/mol. The maximum absolute atomic E-state index is 12.9. The number of amides is 2. The Bertz CT molecular complexity index is 1080. The van der Waals surface area contributed by atoms with Gasteiger partial charge < -0.3 is 10.6 Å². The molecule has 144 valence electrons. The van der Waals surface area contributed by atoms with E-state index in [0.717, 1.165) is 11.1 Å². The van der Waals surface area contributed by atoms with Crippen LogP contribution in [0.5, 0.6) is 0 Å². The van der Waals surface area contributed by atoms with E-state index in [2.05, 4.69) is 10.6 Å². The summed E-state index contributed by atoms with van der Waals surface area (Å²) in [7, 11) is -3.61. The summed E-state index contributed by atoms with van der Waals surface area (Å²) in [5, 5.41) is 5.47. The number of nitrogens with one attached hydrogen (secondary N) is 2. The Balaban J connectivity index is 1.69. The van der Waals surface area contributed by atoms with Crippen LogP contribution in [0, 0.1) is 13.8 Å². The van der Waals surface area contributed by atoms with Crippen LogP contribution in [0.4, 0.5) is 10.5 Å². The minimum absolute atomic E-state index is 0.191.